The third-order valence-electron chi connectivity index (χ3n) is 2.60. The summed E-state index contributed by atoms with van der Waals surface area (Å²) < 4.78 is 19.1. The van der Waals surface area contributed by atoms with Gasteiger partial charge >= 0.3 is 0 Å². The van der Waals surface area contributed by atoms with Crippen molar-refractivity contribution in [3.63, 3.8) is 0 Å². The van der Waals surface area contributed by atoms with E-state index < -0.39 is 10.7 Å². The van der Waals surface area contributed by atoms with Crippen molar-refractivity contribution < 1.29 is 14.1 Å². The Morgan fingerprint density at radius 2 is 2.19 bits per heavy atom. The summed E-state index contributed by atoms with van der Waals surface area (Å²) in [6, 6.07) is 3.01. The van der Waals surface area contributed by atoms with Crippen molar-refractivity contribution in [1.29, 1.82) is 0 Å². The molecule has 2 heterocycles. The van der Waals surface area contributed by atoms with E-state index in [2.05, 4.69) is 19.9 Å². The number of nitrogens with one attached hydrogen (secondary N) is 1. The number of aromatic amines is 1. The van der Waals surface area contributed by atoms with Gasteiger partial charge in [0.1, 0.15) is 5.52 Å². The number of hydrogen-bond acceptors (Lipinski definition) is 7. The molecule has 0 aliphatic heterocycles. The van der Waals surface area contributed by atoms with Crippen LogP contribution < -0.4 is 10.5 Å². The van der Waals surface area contributed by atoms with Crippen LogP contribution in [0, 0.1) is 15.9 Å². The van der Waals surface area contributed by atoms with E-state index in [1.54, 1.807) is 0 Å². The summed E-state index contributed by atoms with van der Waals surface area (Å²) in [4.78, 5) is 24.2. The lowest BCUT2D eigenvalue weighted by molar-refractivity contribution is -0.385. The van der Waals surface area contributed by atoms with Gasteiger partial charge in [0.15, 0.2) is 17.2 Å². The number of nitro groups is 1. The molecule has 0 unspecified atom stereocenters. The first-order chi connectivity index (χ1) is 10.0. The predicted octanol–water partition coefficient (Wildman–Crippen LogP) is 1.77. The Morgan fingerprint density at radius 3 is 2.90 bits per heavy atom. The van der Waals surface area contributed by atoms with E-state index in [4.69, 9.17) is 10.5 Å². The third kappa shape index (κ3) is 2.29. The molecule has 0 spiro atoms. The number of nitrogens with zero attached hydrogens (tertiary/aromatic N) is 4. The second-order valence-corrected chi connectivity index (χ2v) is 3.96. The highest BCUT2D eigenvalue weighted by molar-refractivity contribution is 5.77. The number of halogens is 1. The third-order valence-corrected chi connectivity index (χ3v) is 2.60. The number of rotatable bonds is 3. The molecule has 21 heavy (non-hydrogen) atoms. The van der Waals surface area contributed by atoms with E-state index in [0.29, 0.717) is 5.52 Å². The first-order valence-corrected chi connectivity index (χ1v) is 5.63. The van der Waals surface area contributed by atoms with E-state index in [9.17, 15) is 14.5 Å². The molecule has 3 rings (SSSR count). The van der Waals surface area contributed by atoms with Crippen molar-refractivity contribution in [1.82, 2.24) is 19.9 Å². The highest BCUT2D eigenvalue weighted by Crippen LogP contribution is 2.29. The maximum Gasteiger partial charge on any atom is 0.272 e. The molecule has 0 saturated carbocycles. The molecule has 0 atom stereocenters. The Bertz CT molecular complexity index is 849. The number of non-ortho nitro benzene ring substituents is 1. The van der Waals surface area contributed by atoms with E-state index in [1.807, 2.05) is 0 Å². The first-order valence-electron chi connectivity index (χ1n) is 5.63. The Morgan fingerprint density at radius 1 is 1.38 bits per heavy atom. The fourth-order valence-electron chi connectivity index (χ4n) is 1.69. The summed E-state index contributed by atoms with van der Waals surface area (Å²) in [7, 11) is 0. The number of nitro benzene ring substituents is 1. The van der Waals surface area contributed by atoms with Gasteiger partial charge in [-0.25, -0.2) is 9.37 Å². The molecule has 106 valence electrons. The fourth-order valence-corrected chi connectivity index (χ4v) is 1.69. The Labute approximate surface area is 115 Å². The van der Waals surface area contributed by atoms with Crippen LogP contribution in [0.2, 0.25) is 0 Å². The van der Waals surface area contributed by atoms with Gasteiger partial charge < -0.3 is 15.5 Å². The van der Waals surface area contributed by atoms with Crippen molar-refractivity contribution >= 4 is 22.8 Å². The summed E-state index contributed by atoms with van der Waals surface area (Å²) in [5.41, 5.74) is 5.72. The monoisotopic (exact) mass is 290 g/mol. The van der Waals surface area contributed by atoms with Gasteiger partial charge in [-0.05, 0) is 6.07 Å². The topological polar surface area (TPSA) is 133 Å². The van der Waals surface area contributed by atoms with Crippen LogP contribution in [0.15, 0.2) is 24.5 Å². The zero-order chi connectivity index (χ0) is 15.0. The number of nitrogens with two attached hydrogens (primary N) is 1. The van der Waals surface area contributed by atoms with Crippen LogP contribution in [-0.2, 0) is 0 Å². The standard InChI is InChI=1S/C11H7FN6O3/c12-6-3-5(18(19)20)1-2-7(6)21-10-8-9(15-4-14-8)16-11(13)17-10/h1-4H,(H3,13,14,15,16,17). The minimum atomic E-state index is -0.894. The van der Waals surface area contributed by atoms with Crippen molar-refractivity contribution in [3.05, 3.63) is 40.5 Å². The molecule has 1 aromatic carbocycles. The number of aromatic nitrogens is 4. The van der Waals surface area contributed by atoms with E-state index in [0.717, 1.165) is 18.2 Å². The summed E-state index contributed by atoms with van der Waals surface area (Å²) in [6.45, 7) is 0. The Hall–Kier alpha value is -3.30. The minimum absolute atomic E-state index is 0.0252. The average Bonchev–Trinajstić information content (AvgIpc) is 2.88. The average molecular weight is 290 g/mol. The number of fused-ring (bicyclic) bond motifs is 1. The second kappa shape index (κ2) is 4.67. The molecule has 0 radical (unpaired) electrons. The van der Waals surface area contributed by atoms with Crippen LogP contribution in [0.4, 0.5) is 16.0 Å². The highest BCUT2D eigenvalue weighted by Gasteiger charge is 2.16. The summed E-state index contributed by atoms with van der Waals surface area (Å²) in [5, 5.41) is 10.6. The SMILES string of the molecule is Nc1nc(Oc2ccc([N+](=O)[O-])cc2F)c2[nH]cnc2n1. The molecule has 0 amide bonds. The maximum absolute atomic E-state index is 13.8. The zero-order valence-electron chi connectivity index (χ0n) is 10.3. The van der Waals surface area contributed by atoms with Crippen LogP contribution in [0.25, 0.3) is 11.2 Å². The fraction of sp³-hybridized carbons (Fsp3) is 0. The van der Waals surface area contributed by atoms with Gasteiger partial charge in [0.05, 0.1) is 17.3 Å². The van der Waals surface area contributed by atoms with Gasteiger partial charge in [-0.3, -0.25) is 10.1 Å². The minimum Gasteiger partial charge on any atom is -0.434 e. The molecule has 3 N–H and O–H groups in total. The van der Waals surface area contributed by atoms with Gasteiger partial charge in [0.2, 0.25) is 5.95 Å². The lowest BCUT2D eigenvalue weighted by atomic mass is 10.3. The summed E-state index contributed by atoms with van der Waals surface area (Å²) in [5.74, 6) is -1.24. The second-order valence-electron chi connectivity index (χ2n) is 3.96. The van der Waals surface area contributed by atoms with Crippen molar-refractivity contribution in [2.75, 3.05) is 5.73 Å². The lowest BCUT2D eigenvalue weighted by Gasteiger charge is -2.06. The zero-order valence-corrected chi connectivity index (χ0v) is 10.3. The molecule has 0 fully saturated rings. The molecule has 0 aliphatic rings. The molecular formula is C11H7FN6O3. The first kappa shape index (κ1) is 12.7. The molecule has 0 bridgehead atoms. The van der Waals surface area contributed by atoms with E-state index >= 15 is 0 Å². The quantitative estimate of drug-likeness (QED) is 0.554. The van der Waals surface area contributed by atoms with Gasteiger partial charge in [-0.2, -0.15) is 9.97 Å². The molecule has 3 aromatic rings. The van der Waals surface area contributed by atoms with Gasteiger partial charge in [0, 0.05) is 6.07 Å². The van der Waals surface area contributed by atoms with E-state index in [-0.39, 0.29) is 28.9 Å². The normalized spacial score (nSPS) is 10.7. The highest BCUT2D eigenvalue weighted by atomic mass is 19.1. The number of anilines is 1. The molecule has 10 heteroatoms. The van der Waals surface area contributed by atoms with Gasteiger partial charge in [0.25, 0.3) is 11.6 Å². The number of ether oxygens (including phenoxy) is 1. The lowest BCUT2D eigenvalue weighted by Crippen LogP contribution is -1.99. The van der Waals surface area contributed by atoms with Crippen LogP contribution in [0.5, 0.6) is 11.6 Å². The van der Waals surface area contributed by atoms with Crippen LogP contribution >= 0.6 is 0 Å². The Balaban J connectivity index is 2.02. The largest absolute Gasteiger partial charge is 0.434 e. The predicted molar refractivity (Wildman–Crippen MR) is 69.2 cm³/mol. The van der Waals surface area contributed by atoms with Crippen LogP contribution in [0.3, 0.4) is 0 Å². The van der Waals surface area contributed by atoms with Crippen molar-refractivity contribution in [2.24, 2.45) is 0 Å². The van der Waals surface area contributed by atoms with Gasteiger partial charge in [-0.1, -0.05) is 0 Å². The molecule has 0 saturated heterocycles. The number of imidazole rings is 1. The number of H-pyrrole nitrogens is 1. The van der Waals surface area contributed by atoms with Crippen molar-refractivity contribution in [3.8, 4) is 11.6 Å². The molecule has 2 aromatic heterocycles. The van der Waals surface area contributed by atoms with Crippen LogP contribution in [0.1, 0.15) is 0 Å². The van der Waals surface area contributed by atoms with E-state index in [1.165, 1.54) is 6.33 Å². The summed E-state index contributed by atoms with van der Waals surface area (Å²) >= 11 is 0. The number of nitrogen functional groups attached to an aromatic ring is 1. The number of benzene rings is 1. The molecule has 9 nitrogen and oxygen atoms in total. The Kier molecular flexibility index (Phi) is 2.83. The molecule has 0 aliphatic carbocycles. The summed E-state index contributed by atoms with van der Waals surface area (Å²) in [6.07, 6.45) is 1.36. The number of hydrogen-bond donors (Lipinski definition) is 2. The van der Waals surface area contributed by atoms with Gasteiger partial charge in [-0.15, -0.1) is 0 Å². The smallest absolute Gasteiger partial charge is 0.272 e. The molecular weight excluding hydrogens is 283 g/mol. The van der Waals surface area contributed by atoms with Crippen molar-refractivity contribution in [2.45, 2.75) is 0 Å². The van der Waals surface area contributed by atoms with Crippen LogP contribution in [-0.4, -0.2) is 24.9 Å². The maximum atomic E-state index is 13.8.